The number of nitrogens with zero attached hydrogens (tertiary/aromatic N) is 3. The van der Waals surface area contributed by atoms with Crippen molar-refractivity contribution in [2.24, 2.45) is 0 Å². The number of alkyl halides is 2. The average Bonchev–Trinajstić information content (AvgIpc) is 2.89. The third-order valence-corrected chi connectivity index (χ3v) is 2.55. The summed E-state index contributed by atoms with van der Waals surface area (Å²) in [5.74, 6) is 0.355. The Balaban J connectivity index is 2.19. The molecular weight excluding hydrogens is 226 g/mol. The van der Waals surface area contributed by atoms with E-state index in [4.69, 9.17) is 0 Å². The van der Waals surface area contributed by atoms with E-state index in [0.29, 0.717) is 18.9 Å². The number of aromatic nitrogens is 3. The van der Waals surface area contributed by atoms with Gasteiger partial charge in [-0.25, -0.2) is 4.98 Å². The maximum Gasteiger partial charge on any atom is 0.319 e. The van der Waals surface area contributed by atoms with Gasteiger partial charge in [0.15, 0.2) is 0 Å². The van der Waals surface area contributed by atoms with Gasteiger partial charge in [0.2, 0.25) is 0 Å². The van der Waals surface area contributed by atoms with Gasteiger partial charge in [0.25, 0.3) is 0 Å². The Bertz CT molecular complexity index is 475. The minimum Gasteiger partial charge on any atom is -0.343 e. The van der Waals surface area contributed by atoms with Crippen molar-refractivity contribution in [1.29, 1.82) is 0 Å². The average molecular weight is 240 g/mol. The molecule has 92 valence electrons. The maximum atomic E-state index is 12.6. The Morgan fingerprint density at radius 3 is 2.94 bits per heavy atom. The lowest BCUT2D eigenvalue weighted by Gasteiger charge is -2.10. The highest BCUT2D eigenvalue weighted by Crippen LogP contribution is 2.14. The van der Waals surface area contributed by atoms with Crippen molar-refractivity contribution in [1.82, 2.24) is 19.4 Å². The fourth-order valence-electron chi connectivity index (χ4n) is 1.74. The van der Waals surface area contributed by atoms with Crippen LogP contribution in [-0.4, -0.2) is 21.2 Å². The highest BCUT2D eigenvalue weighted by atomic mass is 19.3. The van der Waals surface area contributed by atoms with Gasteiger partial charge in [-0.2, -0.15) is 8.78 Å². The van der Waals surface area contributed by atoms with E-state index in [1.54, 1.807) is 0 Å². The minimum atomic E-state index is -2.55. The molecule has 0 fully saturated rings. The van der Waals surface area contributed by atoms with Crippen LogP contribution in [0.3, 0.4) is 0 Å². The van der Waals surface area contributed by atoms with Crippen molar-refractivity contribution < 1.29 is 8.78 Å². The lowest BCUT2D eigenvalue weighted by molar-refractivity contribution is 0.0667. The van der Waals surface area contributed by atoms with Crippen LogP contribution in [0.4, 0.5) is 8.78 Å². The van der Waals surface area contributed by atoms with Gasteiger partial charge in [-0.1, -0.05) is 0 Å². The van der Waals surface area contributed by atoms with Gasteiger partial charge in [-0.05, 0) is 19.2 Å². The van der Waals surface area contributed by atoms with Gasteiger partial charge in [0, 0.05) is 30.8 Å². The van der Waals surface area contributed by atoms with E-state index in [0.717, 1.165) is 10.3 Å². The maximum absolute atomic E-state index is 12.6. The van der Waals surface area contributed by atoms with Gasteiger partial charge in [-0.15, -0.1) is 0 Å². The highest BCUT2D eigenvalue weighted by Gasteiger charge is 2.12. The fourth-order valence-corrected chi connectivity index (χ4v) is 1.74. The predicted octanol–water partition coefficient (Wildman–Crippen LogP) is 1.85. The van der Waals surface area contributed by atoms with Crippen molar-refractivity contribution in [2.75, 3.05) is 7.05 Å². The van der Waals surface area contributed by atoms with E-state index >= 15 is 0 Å². The third-order valence-electron chi connectivity index (χ3n) is 2.55. The number of hydrogen-bond acceptors (Lipinski definition) is 2. The molecule has 0 unspecified atom stereocenters. The van der Waals surface area contributed by atoms with Gasteiger partial charge < -0.3 is 9.88 Å². The van der Waals surface area contributed by atoms with Crippen LogP contribution >= 0.6 is 0 Å². The van der Waals surface area contributed by atoms with Crippen LogP contribution < -0.4 is 5.32 Å². The molecule has 0 aliphatic carbocycles. The summed E-state index contributed by atoms with van der Waals surface area (Å²) in [7, 11) is 1.84. The highest BCUT2D eigenvalue weighted by molar-refractivity contribution is 5.09. The number of imidazole rings is 1. The largest absolute Gasteiger partial charge is 0.343 e. The van der Waals surface area contributed by atoms with E-state index < -0.39 is 6.55 Å². The molecule has 0 aromatic carbocycles. The van der Waals surface area contributed by atoms with Crippen LogP contribution in [0.1, 0.15) is 18.1 Å². The number of nitrogens with one attached hydrogen (secondary N) is 1. The van der Waals surface area contributed by atoms with E-state index in [2.05, 4.69) is 10.3 Å². The normalized spacial score (nSPS) is 11.3. The van der Waals surface area contributed by atoms with Crippen LogP contribution in [0.25, 0.3) is 0 Å². The molecule has 0 atom stereocenters. The first-order valence-electron chi connectivity index (χ1n) is 5.31. The lowest BCUT2D eigenvalue weighted by atomic mass is 10.4. The fraction of sp³-hybridized carbons (Fsp3) is 0.364. The van der Waals surface area contributed by atoms with Crippen LogP contribution in [0.2, 0.25) is 0 Å². The lowest BCUT2D eigenvalue weighted by Crippen LogP contribution is -2.14. The third kappa shape index (κ3) is 2.52. The van der Waals surface area contributed by atoms with Crippen LogP contribution in [0, 0.1) is 0 Å². The first-order valence-corrected chi connectivity index (χ1v) is 5.31. The van der Waals surface area contributed by atoms with Crippen LogP contribution in [0.15, 0.2) is 30.7 Å². The van der Waals surface area contributed by atoms with E-state index in [1.165, 1.54) is 12.4 Å². The number of rotatable bonds is 5. The Hall–Kier alpha value is -1.69. The van der Waals surface area contributed by atoms with Crippen LogP contribution in [-0.2, 0) is 13.1 Å². The molecule has 17 heavy (non-hydrogen) atoms. The summed E-state index contributed by atoms with van der Waals surface area (Å²) >= 11 is 0. The zero-order valence-corrected chi connectivity index (χ0v) is 9.48. The first-order chi connectivity index (χ1) is 8.22. The molecule has 1 N–H and O–H groups in total. The summed E-state index contributed by atoms with van der Waals surface area (Å²) in [6, 6.07) is 3.84. The Kier molecular flexibility index (Phi) is 3.53. The van der Waals surface area contributed by atoms with Crippen molar-refractivity contribution in [3.8, 4) is 0 Å². The Morgan fingerprint density at radius 1 is 1.41 bits per heavy atom. The smallest absolute Gasteiger partial charge is 0.319 e. The second-order valence-electron chi connectivity index (χ2n) is 3.69. The standard InChI is InChI=1S/C11H14F2N4/c1-14-7-9-3-2-5-16(9)8-10-15-4-6-17(10)11(12)13/h2-6,11,14H,7-8H2,1H3. The van der Waals surface area contributed by atoms with E-state index in [1.807, 2.05) is 29.9 Å². The van der Waals surface area contributed by atoms with Gasteiger partial charge in [-0.3, -0.25) is 4.57 Å². The molecule has 0 bridgehead atoms. The summed E-state index contributed by atoms with van der Waals surface area (Å²) in [4.78, 5) is 3.96. The molecule has 2 aromatic heterocycles. The SMILES string of the molecule is CNCc1cccn1Cc1nccn1C(F)F. The second-order valence-corrected chi connectivity index (χ2v) is 3.69. The second kappa shape index (κ2) is 5.09. The van der Waals surface area contributed by atoms with Gasteiger partial charge >= 0.3 is 6.55 Å². The summed E-state index contributed by atoms with van der Waals surface area (Å²) < 4.78 is 28.1. The summed E-state index contributed by atoms with van der Waals surface area (Å²) in [6.07, 6.45) is 4.54. The van der Waals surface area contributed by atoms with Gasteiger partial charge in [0.05, 0.1) is 6.54 Å². The quantitative estimate of drug-likeness (QED) is 0.865. The van der Waals surface area contributed by atoms with Crippen LogP contribution in [0.5, 0.6) is 0 Å². The minimum absolute atomic E-state index is 0.349. The zero-order valence-electron chi connectivity index (χ0n) is 9.48. The summed E-state index contributed by atoms with van der Waals surface area (Å²) in [5.41, 5.74) is 1.04. The first kappa shape index (κ1) is 11.8. The van der Waals surface area contributed by atoms with E-state index in [-0.39, 0.29) is 0 Å². The molecule has 2 aromatic rings. The molecule has 0 saturated heterocycles. The molecule has 0 spiro atoms. The monoisotopic (exact) mass is 240 g/mol. The molecule has 2 rings (SSSR count). The number of halogens is 2. The van der Waals surface area contributed by atoms with E-state index in [9.17, 15) is 8.78 Å². The van der Waals surface area contributed by atoms with Crippen molar-refractivity contribution in [3.05, 3.63) is 42.2 Å². The molecular formula is C11H14F2N4. The van der Waals surface area contributed by atoms with Crippen molar-refractivity contribution >= 4 is 0 Å². The molecule has 0 aliphatic rings. The molecule has 2 heterocycles. The Morgan fingerprint density at radius 2 is 2.24 bits per heavy atom. The van der Waals surface area contributed by atoms with Gasteiger partial charge in [0.1, 0.15) is 5.82 Å². The number of hydrogen-bond donors (Lipinski definition) is 1. The Labute approximate surface area is 97.9 Å². The summed E-state index contributed by atoms with van der Waals surface area (Å²) in [6.45, 7) is -1.50. The predicted molar refractivity (Wildman–Crippen MR) is 59.8 cm³/mol. The molecule has 0 radical (unpaired) electrons. The molecule has 6 heteroatoms. The molecule has 4 nitrogen and oxygen atoms in total. The zero-order chi connectivity index (χ0) is 12.3. The molecule has 0 amide bonds. The molecule has 0 saturated carbocycles. The summed E-state index contributed by atoms with van der Waals surface area (Å²) in [5, 5.41) is 3.03. The van der Waals surface area contributed by atoms with Crippen molar-refractivity contribution in [2.45, 2.75) is 19.6 Å². The van der Waals surface area contributed by atoms with Crippen molar-refractivity contribution in [3.63, 3.8) is 0 Å². The topological polar surface area (TPSA) is 34.8 Å². The molecule has 0 aliphatic heterocycles.